The molecule has 1 aliphatic rings. The minimum Gasteiger partial charge on any atom is -0.379 e. The van der Waals surface area contributed by atoms with E-state index in [9.17, 15) is 22.4 Å². The summed E-state index contributed by atoms with van der Waals surface area (Å²) in [5.74, 6) is -0.815. The number of hydrogen-bond acceptors (Lipinski definition) is 4. The van der Waals surface area contributed by atoms with Crippen LogP contribution in [-0.4, -0.2) is 53.4 Å². The number of rotatable bonds is 6. The third-order valence-electron chi connectivity index (χ3n) is 4.47. The zero-order chi connectivity index (χ0) is 20.1. The van der Waals surface area contributed by atoms with Crippen LogP contribution in [0.2, 0.25) is 0 Å². The largest absolute Gasteiger partial charge is 0.435 e. The predicted octanol–water partition coefficient (Wildman–Crippen LogP) is 2.23. The SMILES string of the molecule is O=C(Cn1ccc(C(F)(F)F)n1)NCC(c1ccc(F)cc1)N1CCOCC1. The highest BCUT2D eigenvalue weighted by molar-refractivity contribution is 5.75. The molecule has 0 aliphatic carbocycles. The predicted molar refractivity (Wildman–Crippen MR) is 91.8 cm³/mol. The normalized spacial score (nSPS) is 16.7. The van der Waals surface area contributed by atoms with E-state index in [1.54, 1.807) is 12.1 Å². The molecule has 3 rings (SSSR count). The number of amides is 1. The molecule has 1 atom stereocenters. The van der Waals surface area contributed by atoms with Crippen LogP contribution in [0.3, 0.4) is 0 Å². The maximum atomic E-state index is 13.2. The Hall–Kier alpha value is -2.46. The first-order valence-corrected chi connectivity index (χ1v) is 8.77. The maximum absolute atomic E-state index is 13.2. The standard InChI is InChI=1S/C18H20F4N4O2/c19-14-3-1-13(2-4-14)15(25-7-9-28-10-8-25)11-23-17(27)12-26-6-5-16(24-26)18(20,21)22/h1-6,15H,7-12H2,(H,23,27). The van der Waals surface area contributed by atoms with Crippen molar-refractivity contribution >= 4 is 5.91 Å². The molecule has 1 aromatic carbocycles. The lowest BCUT2D eigenvalue weighted by Gasteiger charge is -2.35. The highest BCUT2D eigenvalue weighted by Gasteiger charge is 2.33. The van der Waals surface area contributed by atoms with Crippen LogP contribution in [0.1, 0.15) is 17.3 Å². The van der Waals surface area contributed by atoms with Gasteiger partial charge in [0.25, 0.3) is 0 Å². The Labute approximate surface area is 159 Å². The molecule has 0 radical (unpaired) electrons. The fourth-order valence-electron chi connectivity index (χ4n) is 3.05. The van der Waals surface area contributed by atoms with Gasteiger partial charge in [0.05, 0.1) is 19.3 Å². The summed E-state index contributed by atoms with van der Waals surface area (Å²) in [7, 11) is 0. The van der Waals surface area contributed by atoms with Crippen LogP contribution in [0.25, 0.3) is 0 Å². The van der Waals surface area contributed by atoms with Crippen LogP contribution in [-0.2, 0) is 22.3 Å². The Morgan fingerprint density at radius 2 is 1.86 bits per heavy atom. The second-order valence-corrected chi connectivity index (χ2v) is 6.42. The molecular weight excluding hydrogens is 380 g/mol. The lowest BCUT2D eigenvalue weighted by atomic mass is 10.0. The Bertz CT molecular complexity index is 786. The number of benzene rings is 1. The van der Waals surface area contributed by atoms with Gasteiger partial charge in [-0.3, -0.25) is 14.4 Å². The van der Waals surface area contributed by atoms with Crippen LogP contribution in [0, 0.1) is 5.82 Å². The van der Waals surface area contributed by atoms with Crippen molar-refractivity contribution in [1.82, 2.24) is 20.0 Å². The summed E-state index contributed by atoms with van der Waals surface area (Å²) in [6.07, 6.45) is -3.44. The molecule has 1 aliphatic heterocycles. The topological polar surface area (TPSA) is 59.4 Å². The Kier molecular flexibility index (Phi) is 6.30. The van der Waals surface area contributed by atoms with Crippen LogP contribution in [0.4, 0.5) is 17.6 Å². The summed E-state index contributed by atoms with van der Waals surface area (Å²) in [6.45, 7) is 2.34. The van der Waals surface area contributed by atoms with Crippen molar-refractivity contribution in [3.8, 4) is 0 Å². The van der Waals surface area contributed by atoms with Crippen molar-refractivity contribution < 1.29 is 27.1 Å². The average molecular weight is 400 g/mol. The van der Waals surface area contributed by atoms with Crippen molar-refractivity contribution in [2.24, 2.45) is 0 Å². The molecule has 28 heavy (non-hydrogen) atoms. The van der Waals surface area contributed by atoms with Gasteiger partial charge in [-0.1, -0.05) is 12.1 Å². The minimum atomic E-state index is -4.55. The van der Waals surface area contributed by atoms with Crippen LogP contribution in [0.15, 0.2) is 36.5 Å². The van der Waals surface area contributed by atoms with Crippen molar-refractivity contribution in [1.29, 1.82) is 0 Å². The maximum Gasteiger partial charge on any atom is 0.435 e. The monoisotopic (exact) mass is 400 g/mol. The van der Waals surface area contributed by atoms with E-state index in [1.165, 1.54) is 12.1 Å². The summed E-state index contributed by atoms with van der Waals surface area (Å²) in [4.78, 5) is 14.3. The first kappa shape index (κ1) is 20.3. The number of carbonyl (C=O) groups excluding carboxylic acids is 1. The van der Waals surface area contributed by atoms with Gasteiger partial charge in [-0.2, -0.15) is 18.3 Å². The summed E-state index contributed by atoms with van der Waals surface area (Å²) >= 11 is 0. The zero-order valence-electron chi connectivity index (χ0n) is 15.0. The van der Waals surface area contributed by atoms with Gasteiger partial charge in [-0.15, -0.1) is 0 Å². The molecule has 0 spiro atoms. The third-order valence-corrected chi connectivity index (χ3v) is 4.47. The van der Waals surface area contributed by atoms with Crippen LogP contribution < -0.4 is 5.32 Å². The Balaban J connectivity index is 1.63. The first-order valence-electron chi connectivity index (χ1n) is 8.77. The number of carbonyl (C=O) groups is 1. The van der Waals surface area contributed by atoms with Crippen molar-refractivity contribution in [3.63, 3.8) is 0 Å². The molecule has 1 fully saturated rings. The van der Waals surface area contributed by atoms with E-state index in [0.717, 1.165) is 22.5 Å². The van der Waals surface area contributed by atoms with E-state index in [4.69, 9.17) is 4.74 Å². The summed E-state index contributed by atoms with van der Waals surface area (Å²) in [6, 6.07) is 6.65. The number of ether oxygens (including phenoxy) is 1. The second kappa shape index (κ2) is 8.70. The summed E-state index contributed by atoms with van der Waals surface area (Å²) in [5.41, 5.74) is -0.208. The van der Waals surface area contributed by atoms with Gasteiger partial charge < -0.3 is 10.1 Å². The molecule has 1 N–H and O–H groups in total. The number of nitrogens with zero attached hydrogens (tertiary/aromatic N) is 3. The lowest BCUT2D eigenvalue weighted by Crippen LogP contribution is -2.44. The smallest absolute Gasteiger partial charge is 0.379 e. The van der Waals surface area contributed by atoms with Gasteiger partial charge in [-0.05, 0) is 23.8 Å². The minimum absolute atomic E-state index is 0.197. The van der Waals surface area contributed by atoms with Gasteiger partial charge in [0, 0.05) is 25.8 Å². The summed E-state index contributed by atoms with van der Waals surface area (Å²) < 4.78 is 57.3. The fraction of sp³-hybridized carbons (Fsp3) is 0.444. The molecule has 1 unspecified atom stereocenters. The van der Waals surface area contributed by atoms with Crippen LogP contribution in [0.5, 0.6) is 0 Å². The zero-order valence-corrected chi connectivity index (χ0v) is 15.0. The third kappa shape index (κ3) is 5.29. The number of alkyl halides is 3. The quantitative estimate of drug-likeness (QED) is 0.756. The number of hydrogen-bond donors (Lipinski definition) is 1. The van der Waals surface area contributed by atoms with Gasteiger partial charge in [0.2, 0.25) is 5.91 Å². The highest BCUT2D eigenvalue weighted by Crippen LogP contribution is 2.27. The molecule has 6 nitrogen and oxygen atoms in total. The molecule has 1 aromatic heterocycles. The molecule has 1 amide bonds. The van der Waals surface area contributed by atoms with E-state index in [1.807, 2.05) is 0 Å². The van der Waals surface area contributed by atoms with E-state index < -0.39 is 17.8 Å². The van der Waals surface area contributed by atoms with Gasteiger partial charge in [0.1, 0.15) is 12.4 Å². The molecular formula is C18H20F4N4O2. The van der Waals surface area contributed by atoms with Crippen molar-refractivity contribution in [2.45, 2.75) is 18.8 Å². The molecule has 10 heteroatoms. The molecule has 0 saturated carbocycles. The van der Waals surface area contributed by atoms with Crippen molar-refractivity contribution in [3.05, 3.63) is 53.6 Å². The Morgan fingerprint density at radius 1 is 1.18 bits per heavy atom. The molecule has 152 valence electrons. The first-order chi connectivity index (χ1) is 13.3. The lowest BCUT2D eigenvalue weighted by molar-refractivity contribution is -0.141. The number of nitrogens with one attached hydrogen (secondary N) is 1. The van der Waals surface area contributed by atoms with Crippen molar-refractivity contribution in [2.75, 3.05) is 32.8 Å². The highest BCUT2D eigenvalue weighted by atomic mass is 19.4. The molecule has 0 bridgehead atoms. The van der Waals surface area contributed by atoms with Gasteiger partial charge >= 0.3 is 6.18 Å². The summed E-state index contributed by atoms with van der Waals surface area (Å²) in [5, 5.41) is 6.10. The number of morpholine rings is 1. The van der Waals surface area contributed by atoms with E-state index in [-0.39, 0.29) is 24.9 Å². The van der Waals surface area contributed by atoms with E-state index in [2.05, 4.69) is 15.3 Å². The number of aromatic nitrogens is 2. The molecule has 1 saturated heterocycles. The molecule has 2 aromatic rings. The van der Waals surface area contributed by atoms with Gasteiger partial charge in [-0.25, -0.2) is 4.39 Å². The van der Waals surface area contributed by atoms with E-state index in [0.29, 0.717) is 26.3 Å². The second-order valence-electron chi connectivity index (χ2n) is 6.42. The van der Waals surface area contributed by atoms with E-state index >= 15 is 0 Å². The molecule has 2 heterocycles. The Morgan fingerprint density at radius 3 is 2.46 bits per heavy atom. The fourth-order valence-corrected chi connectivity index (χ4v) is 3.05. The van der Waals surface area contributed by atoms with Gasteiger partial charge in [0.15, 0.2) is 5.69 Å². The van der Waals surface area contributed by atoms with Crippen LogP contribution >= 0.6 is 0 Å². The number of halogens is 4. The average Bonchev–Trinajstić information content (AvgIpc) is 3.13.